The molecule has 0 aliphatic carbocycles. The van der Waals surface area contributed by atoms with Gasteiger partial charge in [0.25, 0.3) is 0 Å². The van der Waals surface area contributed by atoms with Crippen LogP contribution in [0.2, 0.25) is 0 Å². The third kappa shape index (κ3) is 3.68. The van der Waals surface area contributed by atoms with Crippen molar-refractivity contribution < 1.29 is 13.9 Å². The Morgan fingerprint density at radius 2 is 2.29 bits per heavy atom. The highest BCUT2D eigenvalue weighted by Gasteiger charge is 2.12. The Kier molecular flexibility index (Phi) is 4.70. The van der Waals surface area contributed by atoms with Gasteiger partial charge in [-0.1, -0.05) is 6.07 Å². The number of carbonyl (C=O) groups excluding carboxylic acids is 1. The fourth-order valence-electron chi connectivity index (χ4n) is 1.69. The average Bonchev–Trinajstić information content (AvgIpc) is 2.95. The van der Waals surface area contributed by atoms with E-state index in [1.165, 1.54) is 24.0 Å². The molecule has 2 aromatic rings. The van der Waals surface area contributed by atoms with Gasteiger partial charge in [-0.3, -0.25) is 0 Å². The maximum Gasteiger partial charge on any atom is 0.319 e. The molecule has 0 atom stereocenters. The molecule has 1 aromatic carbocycles. The van der Waals surface area contributed by atoms with Crippen LogP contribution in [0.25, 0.3) is 0 Å². The predicted octanol–water partition coefficient (Wildman–Crippen LogP) is 1.77. The van der Waals surface area contributed by atoms with Crippen molar-refractivity contribution >= 4 is 11.7 Å². The highest BCUT2D eigenvalue weighted by molar-refractivity contribution is 5.91. The molecular formula is C13H16FN5O2. The summed E-state index contributed by atoms with van der Waals surface area (Å²) in [4.78, 5) is 13.3. The van der Waals surface area contributed by atoms with Crippen molar-refractivity contribution in [2.45, 2.75) is 20.0 Å². The van der Waals surface area contributed by atoms with Gasteiger partial charge in [0.1, 0.15) is 17.1 Å². The molecule has 0 bridgehead atoms. The van der Waals surface area contributed by atoms with Gasteiger partial charge >= 0.3 is 6.03 Å². The molecule has 2 amide bonds. The van der Waals surface area contributed by atoms with Gasteiger partial charge in [0, 0.05) is 0 Å². The minimum absolute atomic E-state index is 0.00490. The zero-order valence-electron chi connectivity index (χ0n) is 11.8. The monoisotopic (exact) mass is 293 g/mol. The van der Waals surface area contributed by atoms with Crippen molar-refractivity contribution in [3.63, 3.8) is 0 Å². The molecule has 0 saturated heterocycles. The fourth-order valence-corrected chi connectivity index (χ4v) is 1.69. The van der Waals surface area contributed by atoms with E-state index in [9.17, 15) is 9.18 Å². The van der Waals surface area contributed by atoms with Crippen LogP contribution in [-0.4, -0.2) is 28.1 Å². The lowest BCUT2D eigenvalue weighted by molar-refractivity contribution is 0.251. The molecule has 112 valence electrons. The summed E-state index contributed by atoms with van der Waals surface area (Å²) in [6.45, 7) is 2.76. The summed E-state index contributed by atoms with van der Waals surface area (Å²) in [5.41, 5.74) is 0.613. The van der Waals surface area contributed by atoms with E-state index < -0.39 is 11.8 Å². The van der Waals surface area contributed by atoms with Crippen molar-refractivity contribution in [1.82, 2.24) is 20.3 Å². The van der Waals surface area contributed by atoms with Crippen LogP contribution in [0.4, 0.5) is 14.9 Å². The Morgan fingerprint density at radius 3 is 2.95 bits per heavy atom. The van der Waals surface area contributed by atoms with Gasteiger partial charge in [0.05, 0.1) is 26.4 Å². The number of rotatable bonds is 5. The number of nitrogens with zero attached hydrogens (tertiary/aromatic N) is 3. The second-order valence-electron chi connectivity index (χ2n) is 4.15. The summed E-state index contributed by atoms with van der Waals surface area (Å²) in [5, 5.41) is 13.1. The second kappa shape index (κ2) is 6.69. The number of urea groups is 1. The van der Waals surface area contributed by atoms with Crippen LogP contribution in [0.1, 0.15) is 12.6 Å². The highest BCUT2D eigenvalue weighted by atomic mass is 19.1. The van der Waals surface area contributed by atoms with Crippen LogP contribution in [0.15, 0.2) is 24.4 Å². The molecule has 0 aliphatic rings. The number of aromatic nitrogens is 3. The number of benzene rings is 1. The highest BCUT2D eigenvalue weighted by Crippen LogP contribution is 2.26. The predicted molar refractivity (Wildman–Crippen MR) is 74.5 cm³/mol. The number of halogens is 1. The van der Waals surface area contributed by atoms with Gasteiger partial charge in [-0.25, -0.2) is 9.18 Å². The maximum atomic E-state index is 13.7. The lowest BCUT2D eigenvalue weighted by Gasteiger charge is -2.11. The Morgan fingerprint density at radius 1 is 1.48 bits per heavy atom. The van der Waals surface area contributed by atoms with Gasteiger partial charge in [-0.05, 0) is 19.1 Å². The number of hydrogen-bond acceptors (Lipinski definition) is 4. The molecule has 7 nitrogen and oxygen atoms in total. The number of anilines is 1. The molecule has 0 fully saturated rings. The van der Waals surface area contributed by atoms with Crippen molar-refractivity contribution in [2.24, 2.45) is 0 Å². The van der Waals surface area contributed by atoms with Gasteiger partial charge in [-0.15, -0.1) is 0 Å². The van der Waals surface area contributed by atoms with E-state index in [1.807, 2.05) is 6.92 Å². The SMILES string of the molecule is CCn1ncc(CNC(=O)Nc2c(F)cccc2OC)n1. The quantitative estimate of drug-likeness (QED) is 0.880. The molecule has 0 spiro atoms. The summed E-state index contributed by atoms with van der Waals surface area (Å²) in [7, 11) is 1.40. The lowest BCUT2D eigenvalue weighted by atomic mass is 10.3. The minimum atomic E-state index is -0.568. The van der Waals surface area contributed by atoms with Gasteiger partial charge in [0.2, 0.25) is 0 Å². The maximum absolute atomic E-state index is 13.7. The first-order valence-corrected chi connectivity index (χ1v) is 6.40. The number of carbonyl (C=O) groups is 1. The summed E-state index contributed by atoms with van der Waals surface area (Å²) < 4.78 is 18.7. The zero-order chi connectivity index (χ0) is 15.2. The lowest BCUT2D eigenvalue weighted by Crippen LogP contribution is -2.29. The summed E-state index contributed by atoms with van der Waals surface area (Å²) in [5.74, 6) is -0.316. The molecule has 0 unspecified atom stereocenters. The van der Waals surface area contributed by atoms with E-state index in [0.29, 0.717) is 12.2 Å². The summed E-state index contributed by atoms with van der Waals surface area (Å²) in [6, 6.07) is 3.75. The number of ether oxygens (including phenoxy) is 1. The first-order valence-electron chi connectivity index (χ1n) is 6.40. The number of methoxy groups -OCH3 is 1. The standard InChI is InChI=1S/C13H16FN5O2/c1-3-19-16-8-9(18-19)7-15-13(20)17-12-10(14)5-4-6-11(12)21-2/h4-6,8H,3,7H2,1-2H3,(H2,15,17,20). The summed E-state index contributed by atoms with van der Waals surface area (Å²) in [6.07, 6.45) is 1.56. The van der Waals surface area contributed by atoms with E-state index in [4.69, 9.17) is 4.74 Å². The van der Waals surface area contributed by atoms with Crippen LogP contribution in [-0.2, 0) is 13.1 Å². The van der Waals surface area contributed by atoms with Crippen LogP contribution in [0, 0.1) is 5.82 Å². The first kappa shape index (κ1) is 14.8. The van der Waals surface area contributed by atoms with E-state index in [0.717, 1.165) is 0 Å². The molecule has 2 N–H and O–H groups in total. The van der Waals surface area contributed by atoms with Gasteiger partial charge in [0.15, 0.2) is 5.82 Å². The van der Waals surface area contributed by atoms with Crippen LogP contribution < -0.4 is 15.4 Å². The van der Waals surface area contributed by atoms with E-state index >= 15 is 0 Å². The number of nitrogens with one attached hydrogen (secondary N) is 2. The van der Waals surface area contributed by atoms with Gasteiger partial charge in [-0.2, -0.15) is 15.0 Å². The topological polar surface area (TPSA) is 81.1 Å². The van der Waals surface area contributed by atoms with Crippen LogP contribution in [0.3, 0.4) is 0 Å². The average molecular weight is 293 g/mol. The Bertz CT molecular complexity index is 629. The molecule has 0 saturated carbocycles. The number of aryl methyl sites for hydroxylation is 1. The number of hydrogen-bond donors (Lipinski definition) is 2. The van der Waals surface area contributed by atoms with E-state index in [2.05, 4.69) is 20.8 Å². The molecule has 21 heavy (non-hydrogen) atoms. The summed E-state index contributed by atoms with van der Waals surface area (Å²) >= 11 is 0. The van der Waals surface area contributed by atoms with Gasteiger partial charge < -0.3 is 15.4 Å². The van der Waals surface area contributed by atoms with Crippen LogP contribution >= 0.6 is 0 Å². The number of para-hydroxylation sites is 1. The molecule has 0 radical (unpaired) electrons. The fraction of sp³-hybridized carbons (Fsp3) is 0.308. The minimum Gasteiger partial charge on any atom is -0.494 e. The smallest absolute Gasteiger partial charge is 0.319 e. The Labute approximate surface area is 121 Å². The van der Waals surface area contributed by atoms with Crippen molar-refractivity contribution in [1.29, 1.82) is 0 Å². The van der Waals surface area contributed by atoms with Crippen molar-refractivity contribution in [3.8, 4) is 5.75 Å². The zero-order valence-corrected chi connectivity index (χ0v) is 11.8. The largest absolute Gasteiger partial charge is 0.494 e. The number of amides is 2. The van der Waals surface area contributed by atoms with Crippen molar-refractivity contribution in [3.05, 3.63) is 35.9 Å². The van der Waals surface area contributed by atoms with Crippen molar-refractivity contribution in [2.75, 3.05) is 12.4 Å². The molecule has 2 rings (SSSR count). The first-order chi connectivity index (χ1) is 10.1. The normalized spacial score (nSPS) is 10.2. The molecule has 0 aliphatic heterocycles. The third-order valence-corrected chi connectivity index (χ3v) is 2.73. The molecular weight excluding hydrogens is 277 g/mol. The Balaban J connectivity index is 1.96. The molecule has 1 heterocycles. The third-order valence-electron chi connectivity index (χ3n) is 2.73. The molecule has 1 aromatic heterocycles. The van der Waals surface area contributed by atoms with E-state index in [-0.39, 0.29) is 18.0 Å². The molecule has 8 heteroatoms. The second-order valence-corrected chi connectivity index (χ2v) is 4.15. The Hall–Kier alpha value is -2.64. The van der Waals surface area contributed by atoms with E-state index in [1.54, 1.807) is 12.3 Å². The van der Waals surface area contributed by atoms with Crippen LogP contribution in [0.5, 0.6) is 5.75 Å².